The van der Waals surface area contributed by atoms with E-state index in [0.29, 0.717) is 12.1 Å². The molecular weight excluding hydrogens is 236 g/mol. The fourth-order valence-electron chi connectivity index (χ4n) is 3.82. The SMILES string of the molecule is CCNC(C1CCC(CC)CC1)C1CN(C)CCO1. The molecule has 1 saturated carbocycles. The van der Waals surface area contributed by atoms with Crippen LogP contribution in [0.3, 0.4) is 0 Å². The Morgan fingerprint density at radius 3 is 2.53 bits per heavy atom. The highest BCUT2D eigenvalue weighted by Crippen LogP contribution is 2.34. The molecule has 1 aliphatic carbocycles. The van der Waals surface area contributed by atoms with Crippen molar-refractivity contribution in [1.82, 2.24) is 10.2 Å². The van der Waals surface area contributed by atoms with Gasteiger partial charge in [-0.3, -0.25) is 0 Å². The van der Waals surface area contributed by atoms with E-state index in [1.54, 1.807) is 0 Å². The number of morpholine rings is 1. The first kappa shape index (κ1) is 15.3. The number of ether oxygens (including phenoxy) is 1. The predicted octanol–water partition coefficient (Wildman–Crippen LogP) is 2.51. The smallest absolute Gasteiger partial charge is 0.0857 e. The number of hydrogen-bond acceptors (Lipinski definition) is 3. The zero-order chi connectivity index (χ0) is 13.7. The molecule has 3 nitrogen and oxygen atoms in total. The summed E-state index contributed by atoms with van der Waals surface area (Å²) in [7, 11) is 2.21. The van der Waals surface area contributed by atoms with Crippen LogP contribution in [0, 0.1) is 11.8 Å². The lowest BCUT2D eigenvalue weighted by Crippen LogP contribution is -2.54. The van der Waals surface area contributed by atoms with E-state index in [1.165, 1.54) is 32.1 Å². The van der Waals surface area contributed by atoms with Crippen molar-refractivity contribution in [2.45, 2.75) is 58.1 Å². The molecule has 1 N–H and O–H groups in total. The molecule has 0 radical (unpaired) electrons. The van der Waals surface area contributed by atoms with E-state index in [4.69, 9.17) is 4.74 Å². The minimum Gasteiger partial charge on any atom is -0.374 e. The van der Waals surface area contributed by atoms with Gasteiger partial charge in [0.15, 0.2) is 0 Å². The minimum absolute atomic E-state index is 0.391. The molecule has 0 aromatic carbocycles. The van der Waals surface area contributed by atoms with Crippen LogP contribution in [-0.4, -0.2) is 50.3 Å². The topological polar surface area (TPSA) is 24.5 Å². The van der Waals surface area contributed by atoms with Gasteiger partial charge in [-0.15, -0.1) is 0 Å². The van der Waals surface area contributed by atoms with Crippen LogP contribution >= 0.6 is 0 Å². The standard InChI is InChI=1S/C16H32N2O/c1-4-13-6-8-14(9-7-13)16(17-5-2)15-12-18(3)10-11-19-15/h13-17H,4-12H2,1-3H3. The van der Waals surface area contributed by atoms with Crippen molar-refractivity contribution in [2.24, 2.45) is 11.8 Å². The number of hydrogen-bond donors (Lipinski definition) is 1. The third kappa shape index (κ3) is 4.17. The third-order valence-electron chi connectivity index (χ3n) is 5.11. The van der Waals surface area contributed by atoms with E-state index in [1.807, 2.05) is 0 Å². The summed E-state index contributed by atoms with van der Waals surface area (Å²) in [4.78, 5) is 2.41. The van der Waals surface area contributed by atoms with Crippen molar-refractivity contribution in [3.05, 3.63) is 0 Å². The number of nitrogens with one attached hydrogen (secondary N) is 1. The van der Waals surface area contributed by atoms with Crippen molar-refractivity contribution >= 4 is 0 Å². The van der Waals surface area contributed by atoms with Gasteiger partial charge in [-0.25, -0.2) is 0 Å². The first-order valence-corrected chi connectivity index (χ1v) is 8.28. The maximum atomic E-state index is 6.07. The van der Waals surface area contributed by atoms with Gasteiger partial charge in [-0.1, -0.05) is 33.1 Å². The second-order valence-electron chi connectivity index (χ2n) is 6.44. The van der Waals surface area contributed by atoms with E-state index >= 15 is 0 Å². The van der Waals surface area contributed by atoms with Crippen molar-refractivity contribution in [1.29, 1.82) is 0 Å². The Hall–Kier alpha value is -0.120. The van der Waals surface area contributed by atoms with Gasteiger partial charge in [0, 0.05) is 19.1 Å². The Bertz CT molecular complexity index is 251. The van der Waals surface area contributed by atoms with Gasteiger partial charge in [-0.2, -0.15) is 0 Å². The molecule has 1 saturated heterocycles. The molecule has 0 aromatic heterocycles. The van der Waals surface area contributed by atoms with Gasteiger partial charge < -0.3 is 15.0 Å². The molecule has 2 unspecified atom stereocenters. The molecule has 2 atom stereocenters. The highest BCUT2D eigenvalue weighted by atomic mass is 16.5. The van der Waals surface area contributed by atoms with Crippen LogP contribution in [0.4, 0.5) is 0 Å². The Labute approximate surface area is 119 Å². The molecular formula is C16H32N2O. The molecule has 112 valence electrons. The third-order valence-corrected chi connectivity index (χ3v) is 5.11. The molecule has 3 heteroatoms. The maximum Gasteiger partial charge on any atom is 0.0857 e. The summed E-state index contributed by atoms with van der Waals surface area (Å²) in [5.41, 5.74) is 0. The second kappa shape index (κ2) is 7.61. The maximum absolute atomic E-state index is 6.07. The fraction of sp³-hybridized carbons (Fsp3) is 1.00. The molecule has 2 aliphatic rings. The van der Waals surface area contributed by atoms with Gasteiger partial charge in [-0.05, 0) is 38.3 Å². The first-order valence-electron chi connectivity index (χ1n) is 8.28. The molecule has 19 heavy (non-hydrogen) atoms. The molecule has 0 amide bonds. The zero-order valence-corrected chi connectivity index (χ0v) is 13.0. The average Bonchev–Trinajstić information content (AvgIpc) is 2.45. The summed E-state index contributed by atoms with van der Waals surface area (Å²) in [6, 6.07) is 0.561. The van der Waals surface area contributed by atoms with E-state index in [-0.39, 0.29) is 0 Å². The van der Waals surface area contributed by atoms with Crippen LogP contribution in [0.25, 0.3) is 0 Å². The normalized spacial score (nSPS) is 35.2. The number of nitrogens with zero attached hydrogens (tertiary/aromatic N) is 1. The average molecular weight is 268 g/mol. The van der Waals surface area contributed by atoms with Crippen molar-refractivity contribution in [2.75, 3.05) is 33.3 Å². The zero-order valence-electron chi connectivity index (χ0n) is 13.0. The molecule has 2 rings (SSSR count). The first-order chi connectivity index (χ1) is 9.24. The monoisotopic (exact) mass is 268 g/mol. The quantitative estimate of drug-likeness (QED) is 0.829. The molecule has 0 spiro atoms. The van der Waals surface area contributed by atoms with Crippen molar-refractivity contribution in [3.8, 4) is 0 Å². The van der Waals surface area contributed by atoms with Crippen molar-refractivity contribution in [3.63, 3.8) is 0 Å². The van der Waals surface area contributed by atoms with Crippen LogP contribution in [-0.2, 0) is 4.74 Å². The second-order valence-corrected chi connectivity index (χ2v) is 6.44. The Balaban J connectivity index is 1.91. The summed E-state index contributed by atoms with van der Waals surface area (Å²) < 4.78 is 6.07. The molecule has 1 heterocycles. The number of rotatable bonds is 5. The minimum atomic E-state index is 0.391. The lowest BCUT2D eigenvalue weighted by molar-refractivity contribution is -0.0533. The molecule has 1 aliphatic heterocycles. The van der Waals surface area contributed by atoms with Crippen molar-refractivity contribution < 1.29 is 4.74 Å². The van der Waals surface area contributed by atoms with Gasteiger partial charge in [0.25, 0.3) is 0 Å². The Kier molecular flexibility index (Phi) is 6.11. The van der Waals surface area contributed by atoms with Crippen LogP contribution in [0.15, 0.2) is 0 Å². The van der Waals surface area contributed by atoms with Gasteiger partial charge >= 0.3 is 0 Å². The predicted molar refractivity (Wildman–Crippen MR) is 80.4 cm³/mol. The van der Waals surface area contributed by atoms with Gasteiger partial charge in [0.2, 0.25) is 0 Å². The molecule has 0 aromatic rings. The largest absolute Gasteiger partial charge is 0.374 e. The van der Waals surface area contributed by atoms with Crippen LogP contribution < -0.4 is 5.32 Å². The summed E-state index contributed by atoms with van der Waals surface area (Å²) in [5, 5.41) is 3.72. The van der Waals surface area contributed by atoms with Gasteiger partial charge in [0.1, 0.15) is 0 Å². The Morgan fingerprint density at radius 2 is 1.95 bits per heavy atom. The summed E-state index contributed by atoms with van der Waals surface area (Å²) in [5.74, 6) is 1.80. The summed E-state index contributed by atoms with van der Waals surface area (Å²) in [6.45, 7) is 8.68. The van der Waals surface area contributed by atoms with E-state index in [9.17, 15) is 0 Å². The summed E-state index contributed by atoms with van der Waals surface area (Å²) >= 11 is 0. The van der Waals surface area contributed by atoms with E-state index in [2.05, 4.69) is 31.1 Å². The molecule has 0 bridgehead atoms. The van der Waals surface area contributed by atoms with E-state index < -0.39 is 0 Å². The molecule has 2 fully saturated rings. The van der Waals surface area contributed by atoms with Gasteiger partial charge in [0.05, 0.1) is 12.7 Å². The highest BCUT2D eigenvalue weighted by molar-refractivity contribution is 4.89. The fourth-order valence-corrected chi connectivity index (χ4v) is 3.82. The number of likely N-dealkylation sites (N-methyl/N-ethyl adjacent to an activating group) is 2. The lowest BCUT2D eigenvalue weighted by Gasteiger charge is -2.41. The Morgan fingerprint density at radius 1 is 1.21 bits per heavy atom. The van der Waals surface area contributed by atoms with E-state index in [0.717, 1.165) is 38.1 Å². The highest BCUT2D eigenvalue weighted by Gasteiger charge is 2.34. The lowest BCUT2D eigenvalue weighted by atomic mass is 9.76. The van der Waals surface area contributed by atoms with Crippen LogP contribution in [0.5, 0.6) is 0 Å². The summed E-state index contributed by atoms with van der Waals surface area (Å²) in [6.07, 6.45) is 7.37. The van der Waals surface area contributed by atoms with Crippen LogP contribution in [0.2, 0.25) is 0 Å². The van der Waals surface area contributed by atoms with Crippen LogP contribution in [0.1, 0.15) is 46.0 Å².